The van der Waals surface area contributed by atoms with Crippen LogP contribution in [0, 0.1) is 5.92 Å². The van der Waals surface area contributed by atoms with Gasteiger partial charge in [0.05, 0.1) is 30.4 Å². The number of rotatable bonds is 4. The Kier molecular flexibility index (Phi) is 4.46. The molecule has 1 aliphatic rings. The number of para-hydroxylation sites is 1. The van der Waals surface area contributed by atoms with E-state index in [9.17, 15) is 9.59 Å². The number of hydrogen-bond donors (Lipinski definition) is 1. The van der Waals surface area contributed by atoms with Crippen LogP contribution in [0.3, 0.4) is 0 Å². The number of carbonyl (C=O) groups is 2. The van der Waals surface area contributed by atoms with Gasteiger partial charge in [0.1, 0.15) is 5.75 Å². The molecule has 1 N–H and O–H groups in total. The Morgan fingerprint density at radius 3 is 2.74 bits per heavy atom. The second kappa shape index (κ2) is 7.07. The lowest BCUT2D eigenvalue weighted by molar-refractivity contribution is -0.122. The van der Waals surface area contributed by atoms with Gasteiger partial charge in [-0.25, -0.2) is 0 Å². The molecule has 0 aliphatic carbocycles. The predicted octanol–water partition coefficient (Wildman–Crippen LogP) is 3.24. The van der Waals surface area contributed by atoms with Crippen molar-refractivity contribution >= 4 is 34.1 Å². The first-order chi connectivity index (χ1) is 13.1. The fraction of sp³-hybridized carbons (Fsp3) is 0.190. The lowest BCUT2D eigenvalue weighted by atomic mass is 10.1. The summed E-state index contributed by atoms with van der Waals surface area (Å²) in [5, 5.41) is 3.84. The van der Waals surface area contributed by atoms with E-state index in [-0.39, 0.29) is 18.2 Å². The van der Waals surface area contributed by atoms with Gasteiger partial charge >= 0.3 is 0 Å². The van der Waals surface area contributed by atoms with Crippen LogP contribution in [-0.4, -0.2) is 30.5 Å². The topological polar surface area (TPSA) is 71.5 Å². The summed E-state index contributed by atoms with van der Waals surface area (Å²) in [5.41, 5.74) is 2.27. The Morgan fingerprint density at radius 2 is 1.96 bits per heavy atom. The van der Waals surface area contributed by atoms with Crippen molar-refractivity contribution in [1.82, 2.24) is 4.98 Å². The lowest BCUT2D eigenvalue weighted by Gasteiger charge is -2.17. The maximum absolute atomic E-state index is 12.6. The summed E-state index contributed by atoms with van der Waals surface area (Å²) < 4.78 is 5.14. The van der Waals surface area contributed by atoms with Gasteiger partial charge in [-0.3, -0.25) is 14.6 Å². The number of hydrogen-bond acceptors (Lipinski definition) is 4. The molecule has 0 radical (unpaired) electrons. The minimum atomic E-state index is -0.397. The molecule has 1 unspecified atom stereocenters. The third-order valence-corrected chi connectivity index (χ3v) is 4.74. The molecule has 0 saturated carbocycles. The third-order valence-electron chi connectivity index (χ3n) is 4.74. The molecule has 4 rings (SSSR count). The number of nitrogens with zero attached hydrogens (tertiary/aromatic N) is 2. The molecular formula is C21H19N3O3. The smallest absolute Gasteiger partial charge is 0.229 e. The Balaban J connectivity index is 1.46. The molecule has 6 nitrogen and oxygen atoms in total. The van der Waals surface area contributed by atoms with Crippen LogP contribution < -0.4 is 15.0 Å². The molecule has 1 aromatic heterocycles. The number of nitrogens with one attached hydrogen (secondary N) is 1. The number of methoxy groups -OCH3 is 1. The van der Waals surface area contributed by atoms with Crippen molar-refractivity contribution in [2.45, 2.75) is 6.42 Å². The lowest BCUT2D eigenvalue weighted by Crippen LogP contribution is -2.28. The molecule has 27 heavy (non-hydrogen) atoms. The first-order valence-electron chi connectivity index (χ1n) is 8.74. The molecule has 6 heteroatoms. The molecule has 1 saturated heterocycles. The molecule has 2 amide bonds. The zero-order valence-electron chi connectivity index (χ0n) is 14.9. The quantitative estimate of drug-likeness (QED) is 0.774. The Hall–Kier alpha value is -3.41. The van der Waals surface area contributed by atoms with Crippen molar-refractivity contribution in [1.29, 1.82) is 0 Å². The number of fused-ring (bicyclic) bond motifs is 1. The van der Waals surface area contributed by atoms with Crippen molar-refractivity contribution in [2.75, 3.05) is 23.9 Å². The first kappa shape index (κ1) is 17.0. The standard InChI is InChI=1S/C21H19N3O3/c1-27-18-8-6-17(7-9-18)24-13-15(11-20(24)25)21(26)23-16-10-14-4-2-3-5-19(14)22-12-16/h2-10,12,15H,11,13H2,1H3,(H,23,26). The highest BCUT2D eigenvalue weighted by molar-refractivity contribution is 6.03. The molecule has 136 valence electrons. The van der Waals surface area contributed by atoms with Gasteiger partial charge in [0.25, 0.3) is 0 Å². The fourth-order valence-electron chi connectivity index (χ4n) is 3.28. The summed E-state index contributed by atoms with van der Waals surface area (Å²) in [6, 6.07) is 16.9. The van der Waals surface area contributed by atoms with E-state index < -0.39 is 5.92 Å². The Morgan fingerprint density at radius 1 is 1.19 bits per heavy atom. The zero-order valence-corrected chi connectivity index (χ0v) is 14.9. The van der Waals surface area contributed by atoms with E-state index in [0.717, 1.165) is 22.3 Å². The molecule has 0 spiro atoms. The van der Waals surface area contributed by atoms with Gasteiger partial charge in [-0.15, -0.1) is 0 Å². The van der Waals surface area contributed by atoms with Crippen LogP contribution in [0.2, 0.25) is 0 Å². The van der Waals surface area contributed by atoms with E-state index in [1.165, 1.54) is 0 Å². The van der Waals surface area contributed by atoms with E-state index in [1.807, 2.05) is 42.5 Å². The molecule has 3 aromatic rings. The van der Waals surface area contributed by atoms with Gasteiger partial charge in [0.2, 0.25) is 11.8 Å². The number of benzene rings is 2. The normalized spacial score (nSPS) is 16.6. The van der Waals surface area contributed by atoms with Crippen LogP contribution in [0.25, 0.3) is 10.9 Å². The summed E-state index contributed by atoms with van der Waals surface area (Å²) in [6.45, 7) is 0.359. The molecule has 2 aromatic carbocycles. The van der Waals surface area contributed by atoms with E-state index in [2.05, 4.69) is 10.3 Å². The van der Waals surface area contributed by atoms with Gasteiger partial charge in [-0.05, 0) is 36.4 Å². The van der Waals surface area contributed by atoms with Crippen molar-refractivity contribution in [2.24, 2.45) is 5.92 Å². The molecule has 1 atom stereocenters. The van der Waals surface area contributed by atoms with Gasteiger partial charge in [0.15, 0.2) is 0 Å². The Bertz CT molecular complexity index is 1000. The van der Waals surface area contributed by atoms with E-state index >= 15 is 0 Å². The van der Waals surface area contributed by atoms with Crippen LogP contribution in [0.4, 0.5) is 11.4 Å². The minimum absolute atomic E-state index is 0.0584. The van der Waals surface area contributed by atoms with Crippen molar-refractivity contribution in [3.63, 3.8) is 0 Å². The van der Waals surface area contributed by atoms with Crippen LogP contribution >= 0.6 is 0 Å². The summed E-state index contributed by atoms with van der Waals surface area (Å²) in [5.74, 6) is 0.1000. The van der Waals surface area contributed by atoms with Crippen LogP contribution in [-0.2, 0) is 9.59 Å². The average Bonchev–Trinajstić information content (AvgIpc) is 3.10. The van der Waals surface area contributed by atoms with Crippen LogP contribution in [0.5, 0.6) is 5.75 Å². The maximum atomic E-state index is 12.6. The van der Waals surface area contributed by atoms with Crippen molar-refractivity contribution in [3.05, 3.63) is 60.8 Å². The average molecular weight is 361 g/mol. The van der Waals surface area contributed by atoms with Gasteiger partial charge in [-0.2, -0.15) is 0 Å². The molecule has 0 bridgehead atoms. The minimum Gasteiger partial charge on any atom is -0.497 e. The predicted molar refractivity (Wildman–Crippen MR) is 104 cm³/mol. The second-order valence-corrected chi connectivity index (χ2v) is 6.51. The number of carbonyl (C=O) groups excluding carboxylic acids is 2. The summed E-state index contributed by atoms with van der Waals surface area (Å²) in [6.07, 6.45) is 1.83. The van der Waals surface area contributed by atoms with Gasteiger partial charge in [-0.1, -0.05) is 18.2 Å². The number of anilines is 2. The molecule has 2 heterocycles. The number of ether oxygens (including phenoxy) is 1. The summed E-state index contributed by atoms with van der Waals surface area (Å²) in [4.78, 5) is 31.0. The highest BCUT2D eigenvalue weighted by atomic mass is 16.5. The highest BCUT2D eigenvalue weighted by Crippen LogP contribution is 2.27. The molecule has 1 aliphatic heterocycles. The SMILES string of the molecule is COc1ccc(N2CC(C(=O)Nc3cnc4ccccc4c3)CC2=O)cc1. The largest absolute Gasteiger partial charge is 0.497 e. The van der Waals surface area contributed by atoms with Crippen molar-refractivity contribution < 1.29 is 14.3 Å². The van der Waals surface area contributed by atoms with Gasteiger partial charge in [0, 0.05) is 24.0 Å². The number of pyridine rings is 1. The molecule has 1 fully saturated rings. The van der Waals surface area contributed by atoms with Crippen molar-refractivity contribution in [3.8, 4) is 5.75 Å². The summed E-state index contributed by atoms with van der Waals surface area (Å²) >= 11 is 0. The van der Waals surface area contributed by atoms with Crippen LogP contribution in [0.1, 0.15) is 6.42 Å². The van der Waals surface area contributed by atoms with Gasteiger partial charge < -0.3 is 15.0 Å². The zero-order chi connectivity index (χ0) is 18.8. The Labute approximate surface area is 156 Å². The maximum Gasteiger partial charge on any atom is 0.229 e. The van der Waals surface area contributed by atoms with E-state index in [0.29, 0.717) is 12.2 Å². The third kappa shape index (κ3) is 3.46. The first-order valence-corrected chi connectivity index (χ1v) is 8.74. The monoisotopic (exact) mass is 361 g/mol. The van der Waals surface area contributed by atoms with E-state index in [1.54, 1.807) is 30.3 Å². The summed E-state index contributed by atoms with van der Waals surface area (Å²) in [7, 11) is 1.60. The molecular weight excluding hydrogens is 342 g/mol. The second-order valence-electron chi connectivity index (χ2n) is 6.51. The van der Waals surface area contributed by atoms with Crippen LogP contribution in [0.15, 0.2) is 60.8 Å². The fourth-order valence-corrected chi connectivity index (χ4v) is 3.28. The number of amides is 2. The van der Waals surface area contributed by atoms with E-state index in [4.69, 9.17) is 4.74 Å². The number of aromatic nitrogens is 1. The highest BCUT2D eigenvalue weighted by Gasteiger charge is 2.35.